The molecule has 0 heterocycles. The predicted octanol–water partition coefficient (Wildman–Crippen LogP) is 2.93. The van der Waals surface area contributed by atoms with Crippen molar-refractivity contribution < 1.29 is 14.3 Å². The Bertz CT molecular complexity index is 137. The molecule has 0 aliphatic rings. The van der Waals surface area contributed by atoms with Crippen molar-refractivity contribution in [2.45, 2.75) is 40.5 Å². The van der Waals surface area contributed by atoms with Crippen LogP contribution in [0.4, 0.5) is 0 Å². The molecule has 16 heavy (non-hydrogen) atoms. The first-order valence-corrected chi connectivity index (χ1v) is 5.93. The van der Waals surface area contributed by atoms with E-state index in [-0.39, 0.29) is 0 Å². The van der Waals surface area contributed by atoms with Gasteiger partial charge in [0.25, 0.3) is 0 Å². The van der Waals surface area contributed by atoms with E-state index in [0.717, 1.165) is 12.8 Å². The summed E-state index contributed by atoms with van der Waals surface area (Å²) in [6, 6.07) is 0. The molecule has 3 heteroatoms. The maximum absolute atomic E-state index is 11.1. The molecule has 0 spiro atoms. The van der Waals surface area contributed by atoms with Crippen LogP contribution in [0.3, 0.4) is 0 Å². The fraction of sp³-hybridized carbons (Fsp3) is 0.923. The van der Waals surface area contributed by atoms with Gasteiger partial charge in [0.2, 0.25) is 0 Å². The van der Waals surface area contributed by atoms with Gasteiger partial charge in [0.1, 0.15) is 5.78 Å². The van der Waals surface area contributed by atoms with Gasteiger partial charge in [-0.05, 0) is 11.8 Å². The van der Waals surface area contributed by atoms with Crippen molar-refractivity contribution in [3.05, 3.63) is 0 Å². The quantitative estimate of drug-likeness (QED) is 0.633. The third-order valence-corrected chi connectivity index (χ3v) is 1.76. The van der Waals surface area contributed by atoms with Crippen molar-refractivity contribution in [3.63, 3.8) is 0 Å². The monoisotopic (exact) mass is 232 g/mol. The zero-order valence-corrected chi connectivity index (χ0v) is 11.7. The fourth-order valence-corrected chi connectivity index (χ4v) is 1.16. The maximum Gasteiger partial charge on any atom is 0.133 e. The Morgan fingerprint density at radius 2 is 1.19 bits per heavy atom. The Kier molecular flexibility index (Phi) is 14.2. The van der Waals surface area contributed by atoms with Gasteiger partial charge in [0, 0.05) is 27.1 Å². The minimum atomic E-state index is 0.407. The van der Waals surface area contributed by atoms with Crippen LogP contribution in [0.25, 0.3) is 0 Å². The second kappa shape index (κ2) is 12.7. The molecule has 0 aliphatic heterocycles. The van der Waals surface area contributed by atoms with Crippen molar-refractivity contribution in [3.8, 4) is 0 Å². The lowest BCUT2D eigenvalue weighted by molar-refractivity contribution is -0.120. The van der Waals surface area contributed by atoms with Crippen molar-refractivity contribution in [2.24, 2.45) is 11.8 Å². The maximum atomic E-state index is 11.1. The number of carbonyl (C=O) groups is 1. The molecule has 0 saturated carbocycles. The van der Waals surface area contributed by atoms with Crippen molar-refractivity contribution in [1.29, 1.82) is 0 Å². The molecule has 0 saturated heterocycles. The summed E-state index contributed by atoms with van der Waals surface area (Å²) >= 11 is 0. The van der Waals surface area contributed by atoms with Crippen LogP contribution in [0.5, 0.6) is 0 Å². The number of hydrogen-bond donors (Lipinski definition) is 0. The van der Waals surface area contributed by atoms with E-state index in [1.54, 1.807) is 14.2 Å². The van der Waals surface area contributed by atoms with Gasteiger partial charge in [-0.15, -0.1) is 0 Å². The van der Waals surface area contributed by atoms with Crippen LogP contribution >= 0.6 is 0 Å². The Balaban J connectivity index is 0. The molecule has 0 unspecified atom stereocenters. The zero-order valence-electron chi connectivity index (χ0n) is 11.7. The van der Waals surface area contributed by atoms with E-state index in [4.69, 9.17) is 0 Å². The summed E-state index contributed by atoms with van der Waals surface area (Å²) < 4.78 is 9.31. The van der Waals surface area contributed by atoms with E-state index < -0.39 is 0 Å². The summed E-state index contributed by atoms with van der Waals surface area (Å²) in [6.45, 7) is 9.71. The number of hydrogen-bond acceptors (Lipinski definition) is 3. The Hall–Kier alpha value is -0.410. The molecule has 0 N–H and O–H groups in total. The van der Waals surface area contributed by atoms with Crippen LogP contribution in [0.15, 0.2) is 0 Å². The van der Waals surface area contributed by atoms with Gasteiger partial charge in [-0.25, -0.2) is 0 Å². The molecule has 98 valence electrons. The summed E-state index contributed by atoms with van der Waals surface area (Å²) in [5, 5.41) is 0. The first kappa shape index (κ1) is 18.0. The lowest BCUT2D eigenvalue weighted by Crippen LogP contribution is -2.05. The molecule has 0 aromatic carbocycles. The first-order valence-electron chi connectivity index (χ1n) is 5.93. The van der Waals surface area contributed by atoms with Crippen molar-refractivity contribution in [1.82, 2.24) is 0 Å². The Labute approximate surface area is 101 Å². The first-order chi connectivity index (χ1) is 7.43. The predicted molar refractivity (Wildman–Crippen MR) is 67.7 cm³/mol. The average Bonchev–Trinajstić information content (AvgIpc) is 2.12. The zero-order chi connectivity index (χ0) is 13.0. The SMILES string of the molecule is CC(C)CC(=O)CC(C)C.COCCOC. The molecule has 3 nitrogen and oxygen atoms in total. The van der Waals surface area contributed by atoms with Gasteiger partial charge in [0.05, 0.1) is 13.2 Å². The third-order valence-electron chi connectivity index (χ3n) is 1.76. The lowest BCUT2D eigenvalue weighted by Gasteiger charge is -2.05. The van der Waals surface area contributed by atoms with Crippen LogP contribution in [0.2, 0.25) is 0 Å². The summed E-state index contributed by atoms with van der Waals surface area (Å²) in [5.74, 6) is 1.45. The summed E-state index contributed by atoms with van der Waals surface area (Å²) in [7, 11) is 3.30. The van der Waals surface area contributed by atoms with E-state index in [1.807, 2.05) is 0 Å². The van der Waals surface area contributed by atoms with Crippen LogP contribution in [-0.4, -0.2) is 33.2 Å². The van der Waals surface area contributed by atoms with E-state index >= 15 is 0 Å². The van der Waals surface area contributed by atoms with Gasteiger partial charge in [-0.2, -0.15) is 0 Å². The lowest BCUT2D eigenvalue weighted by atomic mass is 10.00. The van der Waals surface area contributed by atoms with Crippen LogP contribution < -0.4 is 0 Å². The molecule has 0 aromatic rings. The van der Waals surface area contributed by atoms with Crippen molar-refractivity contribution in [2.75, 3.05) is 27.4 Å². The normalized spacial score (nSPS) is 10.2. The highest BCUT2D eigenvalue weighted by Crippen LogP contribution is 2.07. The molecule has 0 amide bonds. The van der Waals surface area contributed by atoms with Gasteiger partial charge in [-0.3, -0.25) is 4.79 Å². The molecule has 0 atom stereocenters. The number of ether oxygens (including phenoxy) is 2. The summed E-state index contributed by atoms with van der Waals surface area (Å²) in [5.41, 5.74) is 0. The molecular formula is C13H28O3. The highest BCUT2D eigenvalue weighted by Gasteiger charge is 2.06. The molecule has 0 rings (SSSR count). The van der Waals surface area contributed by atoms with Gasteiger partial charge >= 0.3 is 0 Å². The Morgan fingerprint density at radius 3 is 1.38 bits per heavy atom. The Morgan fingerprint density at radius 1 is 0.875 bits per heavy atom. The second-order valence-corrected chi connectivity index (χ2v) is 4.72. The molecule has 0 radical (unpaired) electrons. The standard InChI is InChI=1S/C9H18O.C4H10O2/c1-7(2)5-9(10)6-8(3)4;1-5-3-4-6-2/h7-8H,5-6H2,1-4H3;3-4H2,1-2H3. The van der Waals surface area contributed by atoms with Crippen LogP contribution in [-0.2, 0) is 14.3 Å². The number of rotatable bonds is 7. The number of carbonyl (C=O) groups excluding carboxylic acids is 1. The molecule has 0 aliphatic carbocycles. The summed E-state index contributed by atoms with van der Waals surface area (Å²) in [6.07, 6.45) is 1.50. The molecule has 0 bridgehead atoms. The minimum Gasteiger partial charge on any atom is -0.382 e. The van der Waals surface area contributed by atoms with Gasteiger partial charge in [-0.1, -0.05) is 27.7 Å². The number of methoxy groups -OCH3 is 2. The van der Waals surface area contributed by atoms with Crippen LogP contribution in [0.1, 0.15) is 40.5 Å². The van der Waals surface area contributed by atoms with E-state index in [0.29, 0.717) is 30.8 Å². The topological polar surface area (TPSA) is 35.5 Å². The van der Waals surface area contributed by atoms with Gasteiger partial charge in [0.15, 0.2) is 0 Å². The molecule has 0 fully saturated rings. The van der Waals surface area contributed by atoms with Crippen LogP contribution in [0, 0.1) is 11.8 Å². The van der Waals surface area contributed by atoms with Gasteiger partial charge < -0.3 is 9.47 Å². The summed E-state index contributed by atoms with van der Waals surface area (Å²) in [4.78, 5) is 11.1. The molecule has 0 aromatic heterocycles. The highest BCUT2D eigenvalue weighted by molar-refractivity contribution is 5.78. The van der Waals surface area contributed by atoms with E-state index in [2.05, 4.69) is 37.2 Å². The van der Waals surface area contributed by atoms with E-state index in [9.17, 15) is 4.79 Å². The van der Waals surface area contributed by atoms with Crippen molar-refractivity contribution >= 4 is 5.78 Å². The number of ketones is 1. The number of Topliss-reactive ketones (excluding diaryl/α,β-unsaturated/α-hetero) is 1. The van der Waals surface area contributed by atoms with E-state index in [1.165, 1.54) is 0 Å². The average molecular weight is 232 g/mol. The smallest absolute Gasteiger partial charge is 0.133 e. The highest BCUT2D eigenvalue weighted by atomic mass is 16.5. The fourth-order valence-electron chi connectivity index (χ4n) is 1.16. The largest absolute Gasteiger partial charge is 0.382 e. The second-order valence-electron chi connectivity index (χ2n) is 4.72. The third kappa shape index (κ3) is 19.2. The molecular weight excluding hydrogens is 204 g/mol. The minimum absolute atomic E-state index is 0.407.